The Bertz CT molecular complexity index is 740. The van der Waals surface area contributed by atoms with Crippen LogP contribution in [0.15, 0.2) is 47.6 Å². The number of carbonyl (C=O) groups excluding carboxylic acids is 1. The standard InChI is InChI=1S/C19H22N2O4/c1-13(2)12-25-17-9-4-14(10-18(17)24-3)11-20-21-19(23)15-5-7-16(22)8-6-15/h4-11,13,22H,12H2,1-3H3,(H,21,23)/b20-11-. The van der Waals surface area contributed by atoms with Crippen molar-refractivity contribution in [2.75, 3.05) is 13.7 Å². The topological polar surface area (TPSA) is 80.2 Å². The minimum Gasteiger partial charge on any atom is -0.508 e. The maximum absolute atomic E-state index is 11.9. The number of hydrogen-bond donors (Lipinski definition) is 2. The highest BCUT2D eigenvalue weighted by molar-refractivity contribution is 5.95. The summed E-state index contributed by atoms with van der Waals surface area (Å²) in [6.07, 6.45) is 1.52. The van der Waals surface area contributed by atoms with Gasteiger partial charge in [0.2, 0.25) is 0 Å². The number of rotatable bonds is 7. The average molecular weight is 342 g/mol. The summed E-state index contributed by atoms with van der Waals surface area (Å²) in [5.41, 5.74) is 3.61. The number of amides is 1. The molecule has 6 heteroatoms. The van der Waals surface area contributed by atoms with Gasteiger partial charge in [0.1, 0.15) is 5.75 Å². The molecular weight excluding hydrogens is 320 g/mol. The number of hydrogen-bond acceptors (Lipinski definition) is 5. The zero-order valence-corrected chi connectivity index (χ0v) is 14.5. The molecule has 2 aromatic carbocycles. The van der Waals surface area contributed by atoms with Gasteiger partial charge in [-0.05, 0) is 53.9 Å². The van der Waals surface area contributed by atoms with E-state index in [4.69, 9.17) is 9.47 Å². The molecule has 0 bridgehead atoms. The molecule has 0 aliphatic carbocycles. The zero-order chi connectivity index (χ0) is 18.2. The van der Waals surface area contributed by atoms with Crippen molar-refractivity contribution in [3.05, 3.63) is 53.6 Å². The molecule has 132 valence electrons. The molecule has 0 heterocycles. The first-order valence-corrected chi connectivity index (χ1v) is 7.93. The lowest BCUT2D eigenvalue weighted by atomic mass is 10.2. The van der Waals surface area contributed by atoms with E-state index < -0.39 is 0 Å². The lowest BCUT2D eigenvalue weighted by molar-refractivity contribution is 0.0955. The molecule has 0 aliphatic rings. The molecule has 0 atom stereocenters. The van der Waals surface area contributed by atoms with Crippen LogP contribution in [0.3, 0.4) is 0 Å². The number of ether oxygens (including phenoxy) is 2. The van der Waals surface area contributed by atoms with Crippen molar-refractivity contribution in [1.82, 2.24) is 5.43 Å². The third-order valence-corrected chi connectivity index (χ3v) is 3.27. The molecule has 2 aromatic rings. The van der Waals surface area contributed by atoms with Gasteiger partial charge in [-0.25, -0.2) is 5.43 Å². The average Bonchev–Trinajstić information content (AvgIpc) is 2.60. The number of benzene rings is 2. The summed E-state index contributed by atoms with van der Waals surface area (Å²) in [5, 5.41) is 13.2. The van der Waals surface area contributed by atoms with Gasteiger partial charge in [0.05, 0.1) is 19.9 Å². The molecule has 0 saturated heterocycles. The first-order valence-electron chi connectivity index (χ1n) is 7.93. The van der Waals surface area contributed by atoms with Crippen molar-refractivity contribution in [2.45, 2.75) is 13.8 Å². The summed E-state index contributed by atoms with van der Waals surface area (Å²) in [5.74, 6) is 1.43. The Balaban J connectivity index is 2.00. The zero-order valence-electron chi connectivity index (χ0n) is 14.5. The summed E-state index contributed by atoms with van der Waals surface area (Å²) in [4.78, 5) is 11.9. The summed E-state index contributed by atoms with van der Waals surface area (Å²) >= 11 is 0. The Morgan fingerprint density at radius 1 is 1.20 bits per heavy atom. The van der Waals surface area contributed by atoms with Crippen LogP contribution in [-0.2, 0) is 0 Å². The third kappa shape index (κ3) is 5.53. The van der Waals surface area contributed by atoms with Crippen LogP contribution in [0.4, 0.5) is 0 Å². The van der Waals surface area contributed by atoms with E-state index in [1.807, 2.05) is 12.1 Å². The second kappa shape index (κ2) is 8.73. The van der Waals surface area contributed by atoms with Crippen LogP contribution in [0.1, 0.15) is 29.8 Å². The van der Waals surface area contributed by atoms with E-state index >= 15 is 0 Å². The molecule has 0 spiro atoms. The van der Waals surface area contributed by atoms with E-state index in [9.17, 15) is 9.90 Å². The van der Waals surface area contributed by atoms with Gasteiger partial charge >= 0.3 is 0 Å². The summed E-state index contributed by atoms with van der Waals surface area (Å²) in [6.45, 7) is 4.75. The molecule has 0 aliphatic heterocycles. The molecule has 2 rings (SSSR count). The molecule has 2 N–H and O–H groups in total. The van der Waals surface area contributed by atoms with Crippen LogP contribution in [0.25, 0.3) is 0 Å². The van der Waals surface area contributed by atoms with Crippen molar-refractivity contribution in [3.63, 3.8) is 0 Å². The normalized spacial score (nSPS) is 10.9. The molecule has 25 heavy (non-hydrogen) atoms. The van der Waals surface area contributed by atoms with E-state index in [0.717, 1.165) is 5.56 Å². The SMILES string of the molecule is COc1cc(/C=N\NC(=O)c2ccc(O)cc2)ccc1OCC(C)C. The number of phenols is 1. The Morgan fingerprint density at radius 3 is 2.56 bits per heavy atom. The van der Waals surface area contributed by atoms with Crippen molar-refractivity contribution in [2.24, 2.45) is 11.0 Å². The Kier molecular flexibility index (Phi) is 6.39. The lowest BCUT2D eigenvalue weighted by Gasteiger charge is -2.12. The van der Waals surface area contributed by atoms with Gasteiger partial charge in [-0.2, -0.15) is 5.10 Å². The summed E-state index contributed by atoms with van der Waals surface area (Å²) in [6, 6.07) is 11.3. The molecule has 0 radical (unpaired) electrons. The fraction of sp³-hybridized carbons (Fsp3) is 0.263. The van der Waals surface area contributed by atoms with Crippen LogP contribution < -0.4 is 14.9 Å². The number of carbonyl (C=O) groups is 1. The Hall–Kier alpha value is -3.02. The van der Waals surface area contributed by atoms with Gasteiger partial charge < -0.3 is 14.6 Å². The van der Waals surface area contributed by atoms with Crippen LogP contribution in [0.5, 0.6) is 17.2 Å². The molecule has 0 unspecified atom stereocenters. The number of aromatic hydroxyl groups is 1. The van der Waals surface area contributed by atoms with E-state index in [0.29, 0.717) is 29.6 Å². The Labute approximate surface area is 147 Å². The summed E-state index contributed by atoms with van der Waals surface area (Å²) < 4.78 is 11.0. The lowest BCUT2D eigenvalue weighted by Crippen LogP contribution is -2.17. The van der Waals surface area contributed by atoms with Crippen molar-refractivity contribution >= 4 is 12.1 Å². The number of nitrogens with one attached hydrogen (secondary N) is 1. The van der Waals surface area contributed by atoms with Crippen LogP contribution in [0, 0.1) is 5.92 Å². The molecule has 6 nitrogen and oxygen atoms in total. The van der Waals surface area contributed by atoms with E-state index in [2.05, 4.69) is 24.4 Å². The number of phenolic OH excluding ortho intramolecular Hbond substituents is 1. The highest BCUT2D eigenvalue weighted by atomic mass is 16.5. The van der Waals surface area contributed by atoms with E-state index in [1.54, 1.807) is 13.2 Å². The quantitative estimate of drug-likeness (QED) is 0.598. The summed E-state index contributed by atoms with van der Waals surface area (Å²) in [7, 11) is 1.57. The minimum atomic E-state index is -0.361. The maximum atomic E-state index is 11.9. The third-order valence-electron chi connectivity index (χ3n) is 3.27. The highest BCUT2D eigenvalue weighted by Crippen LogP contribution is 2.27. The second-order valence-electron chi connectivity index (χ2n) is 5.86. The monoisotopic (exact) mass is 342 g/mol. The van der Waals surface area contributed by atoms with Gasteiger partial charge in [0.25, 0.3) is 5.91 Å². The van der Waals surface area contributed by atoms with Crippen LogP contribution in [-0.4, -0.2) is 30.9 Å². The number of nitrogens with zero attached hydrogens (tertiary/aromatic N) is 1. The van der Waals surface area contributed by atoms with Gasteiger partial charge in [0.15, 0.2) is 11.5 Å². The van der Waals surface area contributed by atoms with Crippen molar-refractivity contribution in [1.29, 1.82) is 0 Å². The van der Waals surface area contributed by atoms with Crippen LogP contribution in [0.2, 0.25) is 0 Å². The van der Waals surface area contributed by atoms with Crippen molar-refractivity contribution < 1.29 is 19.4 Å². The first-order chi connectivity index (χ1) is 12.0. The van der Waals surface area contributed by atoms with Crippen molar-refractivity contribution in [3.8, 4) is 17.2 Å². The molecule has 1 amide bonds. The molecule has 0 aromatic heterocycles. The van der Waals surface area contributed by atoms with Gasteiger partial charge in [0, 0.05) is 5.56 Å². The predicted octanol–water partition coefficient (Wildman–Crippen LogP) is 3.20. The fourth-order valence-corrected chi connectivity index (χ4v) is 1.98. The van der Waals surface area contributed by atoms with Crippen LogP contribution >= 0.6 is 0 Å². The van der Waals surface area contributed by atoms with E-state index in [-0.39, 0.29) is 11.7 Å². The number of methoxy groups -OCH3 is 1. The Morgan fingerprint density at radius 2 is 1.92 bits per heavy atom. The largest absolute Gasteiger partial charge is 0.508 e. The maximum Gasteiger partial charge on any atom is 0.271 e. The van der Waals surface area contributed by atoms with E-state index in [1.165, 1.54) is 30.5 Å². The number of hydrazone groups is 1. The highest BCUT2D eigenvalue weighted by Gasteiger charge is 2.07. The first kappa shape index (κ1) is 18.3. The predicted molar refractivity (Wildman–Crippen MR) is 96.5 cm³/mol. The molecule has 0 saturated carbocycles. The van der Waals surface area contributed by atoms with Gasteiger partial charge in [-0.1, -0.05) is 13.8 Å². The fourth-order valence-electron chi connectivity index (χ4n) is 1.98. The minimum absolute atomic E-state index is 0.104. The van der Waals surface area contributed by atoms with Gasteiger partial charge in [-0.15, -0.1) is 0 Å². The van der Waals surface area contributed by atoms with Gasteiger partial charge in [-0.3, -0.25) is 4.79 Å². The second-order valence-corrected chi connectivity index (χ2v) is 5.86. The molecular formula is C19H22N2O4. The molecule has 0 fully saturated rings. The smallest absolute Gasteiger partial charge is 0.271 e.